The predicted octanol–water partition coefficient (Wildman–Crippen LogP) is 6.41. The number of nitrogens with zero attached hydrogens (tertiary/aromatic N) is 2. The second-order valence-corrected chi connectivity index (χ2v) is 11.1. The highest BCUT2D eigenvalue weighted by molar-refractivity contribution is 6.10. The summed E-state index contributed by atoms with van der Waals surface area (Å²) in [5.74, 6) is 0.332. The van der Waals surface area contributed by atoms with Crippen LogP contribution in [0.15, 0.2) is 60.7 Å². The van der Waals surface area contributed by atoms with Crippen molar-refractivity contribution in [3.05, 3.63) is 94.2 Å². The number of H-pyrrole nitrogens is 1. The fourth-order valence-corrected chi connectivity index (χ4v) is 6.39. The van der Waals surface area contributed by atoms with E-state index in [2.05, 4.69) is 94.1 Å². The zero-order valence-electron chi connectivity index (χ0n) is 21.3. The Labute approximate surface area is 217 Å². The third kappa shape index (κ3) is 3.89. The zero-order valence-corrected chi connectivity index (χ0v) is 21.3. The number of rotatable bonds is 5. The molecule has 2 unspecified atom stereocenters. The molecule has 2 fully saturated rings. The molecule has 5 heteroatoms. The summed E-state index contributed by atoms with van der Waals surface area (Å²) < 4.78 is 0. The van der Waals surface area contributed by atoms with E-state index in [9.17, 15) is 4.79 Å². The lowest BCUT2D eigenvalue weighted by atomic mass is 9.91. The summed E-state index contributed by atoms with van der Waals surface area (Å²) in [5.41, 5.74) is 8.59. The van der Waals surface area contributed by atoms with E-state index in [1.807, 2.05) is 6.07 Å². The second kappa shape index (κ2) is 8.70. The summed E-state index contributed by atoms with van der Waals surface area (Å²) in [5, 5.41) is 12.0. The highest BCUT2D eigenvalue weighted by Crippen LogP contribution is 2.65. The van der Waals surface area contributed by atoms with Crippen LogP contribution >= 0.6 is 0 Å². The summed E-state index contributed by atoms with van der Waals surface area (Å²) in [6, 6.07) is 21.6. The van der Waals surface area contributed by atoms with Crippen molar-refractivity contribution >= 4 is 34.6 Å². The number of hydrogen-bond acceptors (Lipinski definition) is 3. The Hall–Kier alpha value is -3.70. The van der Waals surface area contributed by atoms with Crippen molar-refractivity contribution in [2.45, 2.75) is 50.5 Å². The van der Waals surface area contributed by atoms with Gasteiger partial charge in [-0.3, -0.25) is 14.8 Å². The lowest BCUT2D eigenvalue weighted by Gasteiger charge is -2.26. The van der Waals surface area contributed by atoms with E-state index in [0.717, 1.165) is 40.8 Å². The third-order valence-corrected chi connectivity index (χ3v) is 8.56. The maximum atomic E-state index is 13.0. The molecule has 37 heavy (non-hydrogen) atoms. The summed E-state index contributed by atoms with van der Waals surface area (Å²) in [4.78, 5) is 15.5. The fraction of sp³-hybridized carbons (Fsp3) is 0.312. The van der Waals surface area contributed by atoms with E-state index < -0.39 is 5.41 Å². The minimum atomic E-state index is -0.419. The summed E-state index contributed by atoms with van der Waals surface area (Å²) >= 11 is 0. The number of carbonyl (C=O) groups is 1. The molecule has 5 nitrogen and oxygen atoms in total. The van der Waals surface area contributed by atoms with E-state index in [0.29, 0.717) is 0 Å². The van der Waals surface area contributed by atoms with E-state index >= 15 is 0 Å². The molecule has 2 aliphatic heterocycles. The molecule has 1 amide bonds. The summed E-state index contributed by atoms with van der Waals surface area (Å²) in [6.07, 6.45) is 9.09. The van der Waals surface area contributed by atoms with Gasteiger partial charge in [-0.1, -0.05) is 66.6 Å². The van der Waals surface area contributed by atoms with Gasteiger partial charge in [-0.15, -0.1) is 0 Å². The van der Waals surface area contributed by atoms with Crippen molar-refractivity contribution in [3.8, 4) is 0 Å². The molecule has 1 saturated heterocycles. The highest BCUT2D eigenvalue weighted by Gasteiger charge is 2.65. The van der Waals surface area contributed by atoms with Crippen LogP contribution in [0.1, 0.15) is 65.1 Å². The number of nitrogens with one attached hydrogen (secondary N) is 2. The van der Waals surface area contributed by atoms with Crippen molar-refractivity contribution in [2.24, 2.45) is 0 Å². The Bertz CT molecular complexity index is 1530. The minimum Gasteiger partial charge on any atom is -0.325 e. The van der Waals surface area contributed by atoms with Gasteiger partial charge in [-0.05, 0) is 79.7 Å². The molecule has 1 aliphatic carbocycles. The SMILES string of the molecule is Cc1ccc2c(c1)C1(CC1c1ccc3c(/C=C/c4ccc(CN5CCCCC5)cc4)n[nH]c3c1)C(=O)N2. The van der Waals surface area contributed by atoms with Crippen LogP contribution in [0.4, 0.5) is 5.69 Å². The number of hydrogen-bond donors (Lipinski definition) is 2. The normalized spacial score (nSPS) is 23.2. The number of carbonyl (C=O) groups excluding carboxylic acids is 1. The van der Waals surface area contributed by atoms with Gasteiger partial charge in [-0.25, -0.2) is 0 Å². The summed E-state index contributed by atoms with van der Waals surface area (Å²) in [6.45, 7) is 5.57. The van der Waals surface area contributed by atoms with Crippen molar-refractivity contribution < 1.29 is 4.79 Å². The molecule has 2 N–H and O–H groups in total. The van der Waals surface area contributed by atoms with Gasteiger partial charge in [0.1, 0.15) is 0 Å². The van der Waals surface area contributed by atoms with Crippen LogP contribution in [0.25, 0.3) is 23.1 Å². The molecule has 2 atom stereocenters. The number of aryl methyl sites for hydroxylation is 1. The van der Waals surface area contributed by atoms with Crippen LogP contribution in [0.2, 0.25) is 0 Å². The lowest BCUT2D eigenvalue weighted by molar-refractivity contribution is -0.118. The number of anilines is 1. The first-order valence-electron chi connectivity index (χ1n) is 13.5. The van der Waals surface area contributed by atoms with E-state index in [4.69, 9.17) is 0 Å². The maximum Gasteiger partial charge on any atom is 0.235 e. The Morgan fingerprint density at radius 2 is 1.84 bits per heavy atom. The Kier molecular flexibility index (Phi) is 5.29. The third-order valence-electron chi connectivity index (χ3n) is 8.56. The number of piperidine rings is 1. The van der Waals surface area contributed by atoms with Crippen LogP contribution in [-0.2, 0) is 16.8 Å². The topological polar surface area (TPSA) is 61.0 Å². The first-order chi connectivity index (χ1) is 18.1. The fourth-order valence-electron chi connectivity index (χ4n) is 6.39. The van der Waals surface area contributed by atoms with Crippen molar-refractivity contribution in [1.82, 2.24) is 15.1 Å². The van der Waals surface area contributed by atoms with Crippen LogP contribution < -0.4 is 5.32 Å². The molecule has 3 aromatic carbocycles. The molecular formula is C32H32N4O. The average molecular weight is 489 g/mol. The number of fused-ring (bicyclic) bond motifs is 3. The van der Waals surface area contributed by atoms with Crippen LogP contribution in [-0.4, -0.2) is 34.1 Å². The van der Waals surface area contributed by atoms with E-state index in [1.165, 1.54) is 54.6 Å². The van der Waals surface area contributed by atoms with Gasteiger partial charge in [0.05, 0.1) is 16.6 Å². The number of likely N-dealkylation sites (tertiary alicyclic amines) is 1. The lowest BCUT2D eigenvalue weighted by Crippen LogP contribution is -2.28. The van der Waals surface area contributed by atoms with Gasteiger partial charge < -0.3 is 5.32 Å². The molecular weight excluding hydrogens is 456 g/mol. The van der Waals surface area contributed by atoms with Crippen molar-refractivity contribution in [1.29, 1.82) is 0 Å². The molecule has 186 valence electrons. The van der Waals surface area contributed by atoms with Gasteiger partial charge in [0.15, 0.2) is 0 Å². The maximum absolute atomic E-state index is 13.0. The van der Waals surface area contributed by atoms with Crippen molar-refractivity contribution in [2.75, 3.05) is 18.4 Å². The molecule has 4 aromatic rings. The van der Waals surface area contributed by atoms with Crippen molar-refractivity contribution in [3.63, 3.8) is 0 Å². The van der Waals surface area contributed by atoms with Crippen LogP contribution in [0.5, 0.6) is 0 Å². The summed E-state index contributed by atoms with van der Waals surface area (Å²) in [7, 11) is 0. The first-order valence-corrected chi connectivity index (χ1v) is 13.5. The molecule has 7 rings (SSSR count). The second-order valence-electron chi connectivity index (χ2n) is 11.1. The monoisotopic (exact) mass is 488 g/mol. The zero-order chi connectivity index (χ0) is 25.0. The Morgan fingerprint density at radius 1 is 1.00 bits per heavy atom. The standard InChI is InChI=1S/C32H32N4O/c1-21-5-13-29-26(17-21)32(31(37)33-29)19-27(32)24-11-12-25-28(34-35-30(25)18-24)14-10-22-6-8-23(9-7-22)20-36-15-3-2-4-16-36/h5-14,17-18,27H,2-4,15-16,19-20H2,1H3,(H,33,37)(H,34,35)/b14-10+. The van der Waals surface area contributed by atoms with E-state index in [-0.39, 0.29) is 11.8 Å². The van der Waals surface area contributed by atoms with Gasteiger partial charge in [0, 0.05) is 23.5 Å². The molecule has 1 spiro atoms. The van der Waals surface area contributed by atoms with Gasteiger partial charge in [-0.2, -0.15) is 5.10 Å². The molecule has 3 heterocycles. The molecule has 0 bridgehead atoms. The van der Waals surface area contributed by atoms with Gasteiger partial charge in [0.2, 0.25) is 5.91 Å². The number of amides is 1. The smallest absolute Gasteiger partial charge is 0.235 e. The van der Waals surface area contributed by atoms with Gasteiger partial charge >= 0.3 is 0 Å². The molecule has 1 aromatic heterocycles. The average Bonchev–Trinajstić information content (AvgIpc) is 3.47. The Balaban J connectivity index is 1.08. The number of aromatic amines is 1. The molecule has 3 aliphatic rings. The van der Waals surface area contributed by atoms with Crippen LogP contribution in [0.3, 0.4) is 0 Å². The molecule has 1 saturated carbocycles. The largest absolute Gasteiger partial charge is 0.325 e. The Morgan fingerprint density at radius 3 is 2.68 bits per heavy atom. The van der Waals surface area contributed by atoms with E-state index in [1.54, 1.807) is 0 Å². The minimum absolute atomic E-state index is 0.133. The quantitative estimate of drug-likeness (QED) is 0.341. The highest BCUT2D eigenvalue weighted by atomic mass is 16.2. The van der Waals surface area contributed by atoms with Gasteiger partial charge in [0.25, 0.3) is 0 Å². The predicted molar refractivity (Wildman–Crippen MR) is 149 cm³/mol. The first kappa shape index (κ1) is 22.5. The number of aromatic nitrogens is 2. The number of benzene rings is 3. The van der Waals surface area contributed by atoms with Crippen LogP contribution in [0, 0.1) is 6.92 Å². The molecule has 0 radical (unpaired) electrons.